The third-order valence-electron chi connectivity index (χ3n) is 4.90. The predicted molar refractivity (Wildman–Crippen MR) is 98.4 cm³/mol. The van der Waals surface area contributed by atoms with Crippen LogP contribution >= 0.6 is 0 Å². The van der Waals surface area contributed by atoms with E-state index >= 15 is 0 Å². The Morgan fingerprint density at radius 2 is 1.55 bits per heavy atom. The molecule has 2 aliphatic rings. The zero-order chi connectivity index (χ0) is 15.8. The lowest BCUT2D eigenvalue weighted by Gasteiger charge is -2.26. The van der Waals surface area contributed by atoms with E-state index in [9.17, 15) is 0 Å². The number of nitrogens with zero attached hydrogens (tertiary/aromatic N) is 1. The molecule has 4 heteroatoms. The summed E-state index contributed by atoms with van der Waals surface area (Å²) in [6, 6.07) is 3.15. The molecule has 0 aliphatic heterocycles. The van der Waals surface area contributed by atoms with Crippen LogP contribution in [0.5, 0.6) is 0 Å². The van der Waals surface area contributed by atoms with Gasteiger partial charge < -0.3 is 10.1 Å². The van der Waals surface area contributed by atoms with Gasteiger partial charge in [-0.2, -0.15) is 0 Å². The van der Waals surface area contributed by atoms with Crippen molar-refractivity contribution < 1.29 is 4.74 Å². The molecular formula is C18H36N2OSi. The molecule has 0 aromatic rings. The fraction of sp³-hybridized carbons (Fsp3) is 0.944. The molecule has 0 spiro atoms. The van der Waals surface area contributed by atoms with Gasteiger partial charge in [-0.25, -0.2) is 4.99 Å². The van der Waals surface area contributed by atoms with Crippen LogP contribution in [-0.2, 0) is 4.74 Å². The highest BCUT2D eigenvalue weighted by Crippen LogP contribution is 2.21. The topological polar surface area (TPSA) is 33.6 Å². The SMILES string of the molecule is C[Si](C)(C)CCOC(=NC1CCCCC1)NC1CCCCC1. The maximum absolute atomic E-state index is 6.10. The number of aliphatic imine (C=N–C) groups is 1. The Balaban J connectivity index is 1.88. The van der Waals surface area contributed by atoms with E-state index in [1.54, 1.807) is 0 Å². The zero-order valence-electron chi connectivity index (χ0n) is 15.0. The molecule has 3 nitrogen and oxygen atoms in total. The van der Waals surface area contributed by atoms with Gasteiger partial charge in [-0.15, -0.1) is 0 Å². The summed E-state index contributed by atoms with van der Waals surface area (Å²) in [6.07, 6.45) is 13.2. The summed E-state index contributed by atoms with van der Waals surface area (Å²) in [5.41, 5.74) is 0. The maximum Gasteiger partial charge on any atom is 0.285 e. The summed E-state index contributed by atoms with van der Waals surface area (Å²) in [5.74, 6) is 0. The summed E-state index contributed by atoms with van der Waals surface area (Å²) < 4.78 is 6.10. The van der Waals surface area contributed by atoms with Crippen molar-refractivity contribution in [2.75, 3.05) is 6.61 Å². The summed E-state index contributed by atoms with van der Waals surface area (Å²) in [6.45, 7) is 8.05. The fourth-order valence-electron chi connectivity index (χ4n) is 3.37. The highest BCUT2D eigenvalue weighted by Gasteiger charge is 2.19. The molecule has 0 aromatic heterocycles. The lowest BCUT2D eigenvalue weighted by atomic mass is 9.95. The normalized spacial score (nSPS) is 22.6. The van der Waals surface area contributed by atoms with Gasteiger partial charge in [-0.05, 0) is 31.7 Å². The van der Waals surface area contributed by atoms with E-state index in [4.69, 9.17) is 9.73 Å². The Morgan fingerprint density at radius 3 is 2.14 bits per heavy atom. The number of ether oxygens (including phenoxy) is 1. The molecule has 2 aliphatic carbocycles. The molecule has 128 valence electrons. The van der Waals surface area contributed by atoms with Crippen molar-refractivity contribution in [3.05, 3.63) is 0 Å². The Morgan fingerprint density at radius 1 is 0.955 bits per heavy atom. The van der Waals surface area contributed by atoms with Crippen molar-refractivity contribution in [2.24, 2.45) is 4.99 Å². The van der Waals surface area contributed by atoms with Crippen LogP contribution in [0.15, 0.2) is 4.99 Å². The van der Waals surface area contributed by atoms with E-state index in [0.717, 1.165) is 12.6 Å². The van der Waals surface area contributed by atoms with Crippen LogP contribution < -0.4 is 5.32 Å². The number of nitrogens with one attached hydrogen (secondary N) is 1. The molecule has 2 saturated carbocycles. The molecule has 0 bridgehead atoms. The number of amidine groups is 1. The number of hydrogen-bond acceptors (Lipinski definition) is 2. The van der Waals surface area contributed by atoms with Gasteiger partial charge in [0.2, 0.25) is 0 Å². The lowest BCUT2D eigenvalue weighted by molar-refractivity contribution is 0.284. The lowest BCUT2D eigenvalue weighted by Crippen LogP contribution is -2.39. The van der Waals surface area contributed by atoms with E-state index < -0.39 is 8.07 Å². The first kappa shape index (κ1) is 17.8. The Hall–Kier alpha value is -0.513. The minimum atomic E-state index is -1.04. The summed E-state index contributed by atoms with van der Waals surface area (Å²) >= 11 is 0. The van der Waals surface area contributed by atoms with Crippen molar-refractivity contribution in [3.63, 3.8) is 0 Å². The summed E-state index contributed by atoms with van der Waals surface area (Å²) in [5, 5.41) is 3.63. The minimum Gasteiger partial charge on any atom is -0.466 e. The van der Waals surface area contributed by atoms with Crippen molar-refractivity contribution in [3.8, 4) is 0 Å². The van der Waals surface area contributed by atoms with Crippen LogP contribution in [0.1, 0.15) is 64.2 Å². The van der Waals surface area contributed by atoms with Gasteiger partial charge in [0.05, 0.1) is 12.6 Å². The Labute approximate surface area is 138 Å². The van der Waals surface area contributed by atoms with Gasteiger partial charge >= 0.3 is 0 Å². The first-order valence-corrected chi connectivity index (χ1v) is 13.2. The van der Waals surface area contributed by atoms with Crippen molar-refractivity contribution >= 4 is 14.1 Å². The Kier molecular flexibility index (Phi) is 7.25. The standard InChI is InChI=1S/C18H36N2OSi/c1-22(2,3)15-14-21-18(19-16-10-6-4-7-11-16)20-17-12-8-5-9-13-17/h16-17H,4-15H2,1-3H3,(H,19,20). The number of hydrogen-bond donors (Lipinski definition) is 1. The molecule has 0 atom stereocenters. The van der Waals surface area contributed by atoms with E-state index in [1.165, 1.54) is 70.3 Å². The molecule has 1 N–H and O–H groups in total. The van der Waals surface area contributed by atoms with Crippen molar-refractivity contribution in [1.29, 1.82) is 0 Å². The van der Waals surface area contributed by atoms with E-state index in [1.807, 2.05) is 0 Å². The van der Waals surface area contributed by atoms with Crippen LogP contribution in [0.2, 0.25) is 25.7 Å². The van der Waals surface area contributed by atoms with Crippen LogP contribution in [-0.4, -0.2) is 32.8 Å². The molecular weight excluding hydrogens is 288 g/mol. The van der Waals surface area contributed by atoms with Gasteiger partial charge in [0, 0.05) is 14.1 Å². The summed E-state index contributed by atoms with van der Waals surface area (Å²) in [7, 11) is -1.04. The fourth-order valence-corrected chi connectivity index (χ4v) is 4.08. The molecule has 0 radical (unpaired) electrons. The second-order valence-corrected chi connectivity index (χ2v) is 14.0. The third kappa shape index (κ3) is 7.17. The van der Waals surface area contributed by atoms with E-state index in [0.29, 0.717) is 12.1 Å². The molecule has 22 heavy (non-hydrogen) atoms. The minimum absolute atomic E-state index is 0.492. The quantitative estimate of drug-likeness (QED) is 0.441. The van der Waals surface area contributed by atoms with Crippen LogP contribution in [0.3, 0.4) is 0 Å². The van der Waals surface area contributed by atoms with Gasteiger partial charge in [0.1, 0.15) is 0 Å². The monoisotopic (exact) mass is 324 g/mol. The second kappa shape index (κ2) is 8.95. The van der Waals surface area contributed by atoms with Crippen LogP contribution in [0.4, 0.5) is 0 Å². The smallest absolute Gasteiger partial charge is 0.285 e. The van der Waals surface area contributed by atoms with E-state index in [2.05, 4.69) is 25.0 Å². The molecule has 0 aromatic carbocycles. The first-order valence-electron chi connectivity index (χ1n) is 9.50. The van der Waals surface area contributed by atoms with Gasteiger partial charge in [-0.1, -0.05) is 58.2 Å². The first-order chi connectivity index (χ1) is 10.5. The third-order valence-corrected chi connectivity index (χ3v) is 6.60. The average Bonchev–Trinajstić information content (AvgIpc) is 2.48. The molecule has 0 unspecified atom stereocenters. The Bertz CT molecular complexity index is 339. The van der Waals surface area contributed by atoms with Crippen LogP contribution in [0.25, 0.3) is 0 Å². The molecule has 2 rings (SSSR count). The number of rotatable bonds is 5. The van der Waals surface area contributed by atoms with Gasteiger partial charge in [0.15, 0.2) is 0 Å². The second-order valence-electron chi connectivity index (χ2n) is 8.36. The molecule has 2 fully saturated rings. The highest BCUT2D eigenvalue weighted by atomic mass is 28.3. The molecule has 0 heterocycles. The van der Waals surface area contributed by atoms with Crippen molar-refractivity contribution in [2.45, 2.75) is 102 Å². The van der Waals surface area contributed by atoms with Gasteiger partial charge in [0.25, 0.3) is 6.02 Å². The van der Waals surface area contributed by atoms with Crippen molar-refractivity contribution in [1.82, 2.24) is 5.32 Å². The average molecular weight is 325 g/mol. The largest absolute Gasteiger partial charge is 0.466 e. The maximum atomic E-state index is 6.10. The zero-order valence-corrected chi connectivity index (χ0v) is 16.0. The predicted octanol–water partition coefficient (Wildman–Crippen LogP) is 4.95. The molecule has 0 amide bonds. The molecule has 0 saturated heterocycles. The van der Waals surface area contributed by atoms with Gasteiger partial charge in [-0.3, -0.25) is 0 Å². The summed E-state index contributed by atoms with van der Waals surface area (Å²) in [4.78, 5) is 4.95. The highest BCUT2D eigenvalue weighted by molar-refractivity contribution is 6.76. The van der Waals surface area contributed by atoms with Crippen LogP contribution in [0, 0.1) is 0 Å². The van der Waals surface area contributed by atoms with E-state index in [-0.39, 0.29) is 0 Å².